The molecule has 0 radical (unpaired) electrons. The van der Waals surface area contributed by atoms with E-state index in [0.717, 1.165) is 0 Å². The number of carbonyl (C=O) groups is 1. The average Bonchev–Trinajstić information content (AvgIpc) is 2.14. The van der Waals surface area contributed by atoms with Crippen molar-refractivity contribution in [2.24, 2.45) is 5.73 Å². The van der Waals surface area contributed by atoms with Crippen LogP contribution in [0.4, 0.5) is 0 Å². The quantitative estimate of drug-likeness (QED) is 0.493. The fourth-order valence-corrected chi connectivity index (χ4v) is 1.01. The van der Waals surface area contributed by atoms with Gasteiger partial charge in [0, 0.05) is 26.2 Å². The molecule has 0 aromatic carbocycles. The Morgan fingerprint density at radius 1 is 1.46 bits per heavy atom. The van der Waals surface area contributed by atoms with Crippen LogP contribution in [0.1, 0.15) is 6.42 Å². The molecule has 0 aromatic rings. The summed E-state index contributed by atoms with van der Waals surface area (Å²) in [6.45, 7) is 2.44. The van der Waals surface area contributed by atoms with E-state index in [1.165, 1.54) is 7.11 Å². The molecule has 0 aliphatic rings. The summed E-state index contributed by atoms with van der Waals surface area (Å²) in [6.07, 6.45) is 0.344. The smallest absolute Gasteiger partial charge is 0.306 e. The normalized spacial score (nSPS) is 10.5. The highest BCUT2D eigenvalue weighted by Gasteiger charge is 2.06. The van der Waals surface area contributed by atoms with Gasteiger partial charge in [0.1, 0.15) is 0 Å². The molecule has 0 atom stereocenters. The van der Waals surface area contributed by atoms with E-state index in [-0.39, 0.29) is 12.6 Å². The Labute approximate surface area is 78.5 Å². The van der Waals surface area contributed by atoms with Gasteiger partial charge in [-0.3, -0.25) is 9.69 Å². The van der Waals surface area contributed by atoms with Gasteiger partial charge >= 0.3 is 5.97 Å². The average molecular weight is 190 g/mol. The van der Waals surface area contributed by atoms with Crippen molar-refractivity contribution in [3.8, 4) is 0 Å². The minimum Gasteiger partial charge on any atom is -0.469 e. The van der Waals surface area contributed by atoms with Gasteiger partial charge in [0.05, 0.1) is 20.1 Å². The fourth-order valence-electron chi connectivity index (χ4n) is 1.01. The second-order valence-electron chi connectivity index (χ2n) is 2.68. The number of nitrogens with zero attached hydrogens (tertiary/aromatic N) is 1. The SMILES string of the molecule is COC(=O)CCN(CCN)CCO. The second kappa shape index (κ2) is 7.97. The molecule has 5 heteroatoms. The van der Waals surface area contributed by atoms with E-state index in [9.17, 15) is 4.79 Å². The molecular formula is C8H18N2O3. The highest BCUT2D eigenvalue weighted by atomic mass is 16.5. The Morgan fingerprint density at radius 3 is 2.62 bits per heavy atom. The molecular weight excluding hydrogens is 172 g/mol. The van der Waals surface area contributed by atoms with E-state index >= 15 is 0 Å². The van der Waals surface area contributed by atoms with Gasteiger partial charge in [-0.15, -0.1) is 0 Å². The van der Waals surface area contributed by atoms with Crippen LogP contribution >= 0.6 is 0 Å². The molecule has 0 spiro atoms. The van der Waals surface area contributed by atoms with Gasteiger partial charge in [0.2, 0.25) is 0 Å². The molecule has 78 valence electrons. The molecule has 0 bridgehead atoms. The van der Waals surface area contributed by atoms with E-state index in [0.29, 0.717) is 32.6 Å². The van der Waals surface area contributed by atoms with E-state index in [4.69, 9.17) is 10.8 Å². The van der Waals surface area contributed by atoms with Gasteiger partial charge in [0.25, 0.3) is 0 Å². The van der Waals surface area contributed by atoms with Crippen LogP contribution in [-0.2, 0) is 9.53 Å². The lowest BCUT2D eigenvalue weighted by molar-refractivity contribution is -0.141. The van der Waals surface area contributed by atoms with E-state index in [1.807, 2.05) is 4.90 Å². The maximum Gasteiger partial charge on any atom is 0.306 e. The van der Waals surface area contributed by atoms with Crippen molar-refractivity contribution in [2.75, 3.05) is 39.9 Å². The lowest BCUT2D eigenvalue weighted by Crippen LogP contribution is -2.33. The number of hydrogen-bond donors (Lipinski definition) is 2. The number of hydrogen-bond acceptors (Lipinski definition) is 5. The first-order chi connectivity index (χ1) is 6.24. The summed E-state index contributed by atoms with van der Waals surface area (Å²) in [5, 5.41) is 8.69. The number of aliphatic hydroxyl groups excluding tert-OH is 1. The van der Waals surface area contributed by atoms with Crippen molar-refractivity contribution in [2.45, 2.75) is 6.42 Å². The molecule has 0 fully saturated rings. The summed E-state index contributed by atoms with van der Waals surface area (Å²) in [5.41, 5.74) is 5.36. The fraction of sp³-hybridized carbons (Fsp3) is 0.875. The highest BCUT2D eigenvalue weighted by molar-refractivity contribution is 5.69. The van der Waals surface area contributed by atoms with Crippen molar-refractivity contribution in [1.82, 2.24) is 4.90 Å². The zero-order chi connectivity index (χ0) is 10.1. The highest BCUT2D eigenvalue weighted by Crippen LogP contribution is 1.91. The lowest BCUT2D eigenvalue weighted by atomic mass is 10.3. The first-order valence-electron chi connectivity index (χ1n) is 4.34. The van der Waals surface area contributed by atoms with E-state index in [2.05, 4.69) is 4.74 Å². The predicted molar refractivity (Wildman–Crippen MR) is 49.2 cm³/mol. The third kappa shape index (κ3) is 6.51. The van der Waals surface area contributed by atoms with Gasteiger partial charge in [0.15, 0.2) is 0 Å². The summed E-state index contributed by atoms with van der Waals surface area (Å²) < 4.78 is 4.50. The number of rotatable bonds is 7. The Kier molecular flexibility index (Phi) is 7.57. The Bertz CT molecular complexity index is 135. The standard InChI is InChI=1S/C8H18N2O3/c1-13-8(12)2-4-10(5-3-9)6-7-11/h11H,2-7,9H2,1H3. The monoisotopic (exact) mass is 190 g/mol. The van der Waals surface area contributed by atoms with Gasteiger partial charge in [-0.25, -0.2) is 0 Å². The van der Waals surface area contributed by atoms with Gasteiger partial charge < -0.3 is 15.6 Å². The number of ether oxygens (including phenoxy) is 1. The van der Waals surface area contributed by atoms with Crippen molar-refractivity contribution < 1.29 is 14.6 Å². The van der Waals surface area contributed by atoms with Crippen LogP contribution in [0.25, 0.3) is 0 Å². The molecule has 0 rings (SSSR count). The van der Waals surface area contributed by atoms with Crippen molar-refractivity contribution in [1.29, 1.82) is 0 Å². The molecule has 3 N–H and O–H groups in total. The molecule has 0 aliphatic heterocycles. The molecule has 0 aromatic heterocycles. The minimum atomic E-state index is -0.236. The van der Waals surface area contributed by atoms with Crippen LogP contribution in [0.5, 0.6) is 0 Å². The largest absolute Gasteiger partial charge is 0.469 e. The predicted octanol–water partition coefficient (Wildman–Crippen LogP) is -1.20. The van der Waals surface area contributed by atoms with Crippen LogP contribution in [-0.4, -0.2) is 55.9 Å². The van der Waals surface area contributed by atoms with E-state index in [1.54, 1.807) is 0 Å². The number of carbonyl (C=O) groups excluding carboxylic acids is 1. The first kappa shape index (κ1) is 12.3. The van der Waals surface area contributed by atoms with Crippen LogP contribution < -0.4 is 5.73 Å². The second-order valence-corrected chi connectivity index (χ2v) is 2.68. The van der Waals surface area contributed by atoms with Crippen LogP contribution in [0.15, 0.2) is 0 Å². The number of esters is 1. The van der Waals surface area contributed by atoms with Crippen LogP contribution in [0.3, 0.4) is 0 Å². The zero-order valence-electron chi connectivity index (χ0n) is 8.03. The van der Waals surface area contributed by atoms with Gasteiger partial charge in [-0.1, -0.05) is 0 Å². The van der Waals surface area contributed by atoms with Gasteiger partial charge in [-0.05, 0) is 0 Å². The number of aliphatic hydroxyl groups is 1. The van der Waals surface area contributed by atoms with Crippen molar-refractivity contribution >= 4 is 5.97 Å². The number of nitrogens with two attached hydrogens (primary N) is 1. The molecule has 0 unspecified atom stereocenters. The molecule has 0 aliphatic carbocycles. The molecule has 13 heavy (non-hydrogen) atoms. The molecule has 0 amide bonds. The van der Waals surface area contributed by atoms with Crippen LogP contribution in [0, 0.1) is 0 Å². The number of methoxy groups -OCH3 is 1. The Hall–Kier alpha value is -0.650. The molecule has 5 nitrogen and oxygen atoms in total. The zero-order valence-corrected chi connectivity index (χ0v) is 8.03. The first-order valence-corrected chi connectivity index (χ1v) is 4.34. The summed E-state index contributed by atoms with van der Waals surface area (Å²) in [6, 6.07) is 0. The van der Waals surface area contributed by atoms with E-state index < -0.39 is 0 Å². The summed E-state index contributed by atoms with van der Waals surface area (Å²) >= 11 is 0. The topological polar surface area (TPSA) is 75.8 Å². The third-order valence-electron chi connectivity index (χ3n) is 1.72. The minimum absolute atomic E-state index is 0.0845. The maximum absolute atomic E-state index is 10.8. The summed E-state index contributed by atoms with van der Waals surface area (Å²) in [7, 11) is 1.36. The Balaban J connectivity index is 3.61. The lowest BCUT2D eigenvalue weighted by Gasteiger charge is -2.19. The summed E-state index contributed by atoms with van der Waals surface area (Å²) in [5.74, 6) is -0.236. The molecule has 0 heterocycles. The van der Waals surface area contributed by atoms with Crippen molar-refractivity contribution in [3.63, 3.8) is 0 Å². The molecule has 0 saturated heterocycles. The maximum atomic E-state index is 10.8. The Morgan fingerprint density at radius 2 is 2.15 bits per heavy atom. The summed E-state index contributed by atoms with van der Waals surface area (Å²) in [4.78, 5) is 12.7. The van der Waals surface area contributed by atoms with Gasteiger partial charge in [-0.2, -0.15) is 0 Å². The molecule has 0 saturated carbocycles. The third-order valence-corrected chi connectivity index (χ3v) is 1.72. The van der Waals surface area contributed by atoms with Crippen molar-refractivity contribution in [3.05, 3.63) is 0 Å². The van der Waals surface area contributed by atoms with Crippen LogP contribution in [0.2, 0.25) is 0 Å².